The third-order valence-electron chi connectivity index (χ3n) is 3.71. The molecule has 0 aliphatic heterocycles. The van der Waals surface area contributed by atoms with Gasteiger partial charge in [0.2, 0.25) is 5.88 Å². The standard InChI is InChI=1S/C19H18F3N3OS/c1-18(2,3)12-7-4-5-9-14(12)26-16-13(8-6-10-23-16)24-17-25-15(11-27-17)19(20,21)22/h4-11H,1-3H3,(H,24,25). The first-order valence-corrected chi connectivity index (χ1v) is 9.05. The number of hydrogen-bond donors (Lipinski definition) is 1. The van der Waals surface area contributed by atoms with Gasteiger partial charge in [0.05, 0.1) is 0 Å². The molecule has 1 aromatic carbocycles. The first kappa shape index (κ1) is 19.2. The molecule has 0 spiro atoms. The van der Waals surface area contributed by atoms with Crippen LogP contribution < -0.4 is 10.1 Å². The van der Waals surface area contributed by atoms with Crippen molar-refractivity contribution in [1.29, 1.82) is 0 Å². The molecule has 0 fully saturated rings. The third kappa shape index (κ3) is 4.57. The molecule has 0 aliphatic rings. The van der Waals surface area contributed by atoms with Gasteiger partial charge in [-0.25, -0.2) is 9.97 Å². The fourth-order valence-corrected chi connectivity index (χ4v) is 3.15. The summed E-state index contributed by atoms with van der Waals surface area (Å²) in [6.07, 6.45) is -2.92. The van der Waals surface area contributed by atoms with Crippen LogP contribution in [0.15, 0.2) is 48.0 Å². The average Bonchev–Trinajstić information content (AvgIpc) is 3.05. The average molecular weight is 393 g/mol. The molecule has 2 aromatic heterocycles. The summed E-state index contributed by atoms with van der Waals surface area (Å²) >= 11 is 0.868. The largest absolute Gasteiger partial charge is 0.437 e. The molecule has 0 aliphatic carbocycles. The summed E-state index contributed by atoms with van der Waals surface area (Å²) in [4.78, 5) is 7.80. The lowest BCUT2D eigenvalue weighted by molar-refractivity contribution is -0.140. The zero-order valence-corrected chi connectivity index (χ0v) is 15.8. The number of pyridine rings is 1. The maximum atomic E-state index is 12.7. The number of thiazole rings is 1. The molecule has 0 amide bonds. The molecule has 2 heterocycles. The topological polar surface area (TPSA) is 47.0 Å². The normalized spacial score (nSPS) is 12.1. The highest BCUT2D eigenvalue weighted by atomic mass is 32.1. The zero-order valence-electron chi connectivity index (χ0n) is 15.0. The number of ether oxygens (including phenoxy) is 1. The van der Waals surface area contributed by atoms with Crippen LogP contribution >= 0.6 is 11.3 Å². The number of rotatable bonds is 4. The van der Waals surface area contributed by atoms with E-state index in [1.165, 1.54) is 0 Å². The Labute approximate surface area is 159 Å². The van der Waals surface area contributed by atoms with Crippen LogP contribution in [-0.4, -0.2) is 9.97 Å². The third-order valence-corrected chi connectivity index (χ3v) is 4.47. The van der Waals surface area contributed by atoms with Gasteiger partial charge in [0, 0.05) is 17.1 Å². The Morgan fingerprint density at radius 2 is 1.78 bits per heavy atom. The van der Waals surface area contributed by atoms with Gasteiger partial charge in [0.25, 0.3) is 0 Å². The summed E-state index contributed by atoms with van der Waals surface area (Å²) in [6, 6.07) is 10.9. The molecule has 3 rings (SSSR count). The summed E-state index contributed by atoms with van der Waals surface area (Å²) in [5, 5.41) is 3.94. The summed E-state index contributed by atoms with van der Waals surface area (Å²) in [6.45, 7) is 6.21. The van der Waals surface area contributed by atoms with Gasteiger partial charge in [-0.05, 0) is 23.6 Å². The quantitative estimate of drug-likeness (QED) is 0.558. The lowest BCUT2D eigenvalue weighted by Gasteiger charge is -2.22. The first-order chi connectivity index (χ1) is 12.6. The zero-order chi connectivity index (χ0) is 19.7. The molecule has 3 aromatic rings. The van der Waals surface area contributed by atoms with Crippen LogP contribution in [0.5, 0.6) is 11.6 Å². The van der Waals surface area contributed by atoms with Crippen LogP contribution in [0.2, 0.25) is 0 Å². The molecular formula is C19H18F3N3OS. The van der Waals surface area contributed by atoms with E-state index in [1.54, 1.807) is 18.3 Å². The summed E-state index contributed by atoms with van der Waals surface area (Å²) in [5.74, 6) is 0.903. The highest BCUT2D eigenvalue weighted by molar-refractivity contribution is 7.13. The SMILES string of the molecule is CC(C)(C)c1ccccc1Oc1ncccc1Nc1nc(C(F)(F)F)cs1. The second kappa shape index (κ2) is 7.19. The van der Waals surface area contributed by atoms with E-state index in [1.807, 2.05) is 24.3 Å². The van der Waals surface area contributed by atoms with Crippen molar-refractivity contribution in [1.82, 2.24) is 9.97 Å². The number of aromatic nitrogens is 2. The van der Waals surface area contributed by atoms with E-state index in [4.69, 9.17) is 4.74 Å². The molecule has 1 N–H and O–H groups in total. The van der Waals surface area contributed by atoms with E-state index >= 15 is 0 Å². The van der Waals surface area contributed by atoms with Crippen LogP contribution in [0.25, 0.3) is 0 Å². The van der Waals surface area contributed by atoms with E-state index < -0.39 is 11.9 Å². The number of nitrogens with zero attached hydrogens (tertiary/aromatic N) is 2. The second-order valence-electron chi connectivity index (χ2n) is 6.86. The van der Waals surface area contributed by atoms with Gasteiger partial charge in [0.1, 0.15) is 11.4 Å². The Hall–Kier alpha value is -2.61. The highest BCUT2D eigenvalue weighted by Gasteiger charge is 2.33. The van der Waals surface area contributed by atoms with Gasteiger partial charge in [-0.15, -0.1) is 11.3 Å². The summed E-state index contributed by atoms with van der Waals surface area (Å²) in [7, 11) is 0. The molecule has 8 heteroatoms. The Kier molecular flexibility index (Phi) is 5.10. The molecule has 4 nitrogen and oxygen atoms in total. The minimum Gasteiger partial charge on any atom is -0.437 e. The molecule has 0 atom stereocenters. The monoisotopic (exact) mass is 393 g/mol. The number of hydrogen-bond acceptors (Lipinski definition) is 5. The van der Waals surface area contributed by atoms with E-state index in [9.17, 15) is 13.2 Å². The molecular weight excluding hydrogens is 375 g/mol. The van der Waals surface area contributed by atoms with Crippen molar-refractivity contribution in [2.75, 3.05) is 5.32 Å². The van der Waals surface area contributed by atoms with Gasteiger partial charge in [0.15, 0.2) is 10.8 Å². The lowest BCUT2D eigenvalue weighted by atomic mass is 9.86. The predicted octanol–water partition coefficient (Wildman–Crippen LogP) is 6.39. The summed E-state index contributed by atoms with van der Waals surface area (Å²) in [5.41, 5.74) is 0.356. The van der Waals surface area contributed by atoms with Crippen molar-refractivity contribution < 1.29 is 17.9 Å². The van der Waals surface area contributed by atoms with Crippen molar-refractivity contribution in [3.8, 4) is 11.6 Å². The van der Waals surface area contributed by atoms with Gasteiger partial charge in [-0.2, -0.15) is 13.2 Å². The molecule has 0 radical (unpaired) electrons. The Morgan fingerprint density at radius 3 is 2.44 bits per heavy atom. The van der Waals surface area contributed by atoms with E-state index in [2.05, 4.69) is 36.1 Å². The van der Waals surface area contributed by atoms with E-state index in [0.29, 0.717) is 11.4 Å². The smallest absolute Gasteiger partial charge is 0.434 e. The van der Waals surface area contributed by atoms with E-state index in [0.717, 1.165) is 22.3 Å². The number of para-hydroxylation sites is 1. The maximum absolute atomic E-state index is 12.7. The minimum atomic E-state index is -4.48. The van der Waals surface area contributed by atoms with Crippen molar-refractivity contribution in [2.45, 2.75) is 32.4 Å². The van der Waals surface area contributed by atoms with Crippen LogP contribution in [0.4, 0.5) is 24.0 Å². The fraction of sp³-hybridized carbons (Fsp3) is 0.263. The van der Waals surface area contributed by atoms with Crippen molar-refractivity contribution in [3.63, 3.8) is 0 Å². The predicted molar refractivity (Wildman–Crippen MR) is 99.9 cm³/mol. The van der Waals surface area contributed by atoms with Crippen molar-refractivity contribution in [2.24, 2.45) is 0 Å². The number of alkyl halides is 3. The molecule has 0 saturated heterocycles. The molecule has 0 saturated carbocycles. The van der Waals surface area contributed by atoms with Gasteiger partial charge in [-0.3, -0.25) is 0 Å². The number of anilines is 2. The Balaban J connectivity index is 1.89. The molecule has 0 unspecified atom stereocenters. The maximum Gasteiger partial charge on any atom is 0.434 e. The Bertz CT molecular complexity index is 932. The lowest BCUT2D eigenvalue weighted by Crippen LogP contribution is -2.12. The van der Waals surface area contributed by atoms with Crippen LogP contribution in [0, 0.1) is 0 Å². The second-order valence-corrected chi connectivity index (χ2v) is 7.72. The van der Waals surface area contributed by atoms with E-state index in [-0.39, 0.29) is 16.4 Å². The van der Waals surface area contributed by atoms with Crippen molar-refractivity contribution >= 4 is 22.2 Å². The molecule has 142 valence electrons. The summed E-state index contributed by atoms with van der Waals surface area (Å²) < 4.78 is 44.2. The highest BCUT2D eigenvalue weighted by Crippen LogP contribution is 2.37. The van der Waals surface area contributed by atoms with Crippen LogP contribution in [0.3, 0.4) is 0 Å². The van der Waals surface area contributed by atoms with Crippen LogP contribution in [-0.2, 0) is 11.6 Å². The number of nitrogens with one attached hydrogen (secondary N) is 1. The molecule has 27 heavy (non-hydrogen) atoms. The van der Waals surface area contributed by atoms with Gasteiger partial charge in [-0.1, -0.05) is 39.0 Å². The Morgan fingerprint density at radius 1 is 1.04 bits per heavy atom. The van der Waals surface area contributed by atoms with Gasteiger partial charge >= 0.3 is 6.18 Å². The number of benzene rings is 1. The first-order valence-electron chi connectivity index (χ1n) is 8.17. The van der Waals surface area contributed by atoms with Crippen LogP contribution in [0.1, 0.15) is 32.0 Å². The van der Waals surface area contributed by atoms with Crippen molar-refractivity contribution in [3.05, 3.63) is 59.2 Å². The van der Waals surface area contributed by atoms with Gasteiger partial charge < -0.3 is 10.1 Å². The number of halogens is 3. The molecule has 0 bridgehead atoms. The minimum absolute atomic E-state index is 0.115. The fourth-order valence-electron chi connectivity index (χ4n) is 2.42.